The van der Waals surface area contributed by atoms with Gasteiger partial charge < -0.3 is 10.3 Å². The molecule has 0 aliphatic rings. The number of nitro benzene ring substituents is 1. The number of amides is 1. The first kappa shape index (κ1) is 16.6. The predicted molar refractivity (Wildman–Crippen MR) is 103 cm³/mol. The molecule has 3 heterocycles. The van der Waals surface area contributed by atoms with Crippen LogP contribution in [-0.4, -0.2) is 20.2 Å². The van der Waals surface area contributed by atoms with Crippen molar-refractivity contribution in [2.24, 2.45) is 0 Å². The first-order valence-electron chi connectivity index (χ1n) is 7.16. The highest BCUT2D eigenvalue weighted by molar-refractivity contribution is 7.73. The van der Waals surface area contributed by atoms with Crippen molar-refractivity contribution in [2.45, 2.75) is 0 Å². The summed E-state index contributed by atoms with van der Waals surface area (Å²) in [5, 5.41) is 15.1. The molecule has 0 saturated heterocycles. The fourth-order valence-corrected chi connectivity index (χ4v) is 4.58. The summed E-state index contributed by atoms with van der Waals surface area (Å²) >= 11 is 7.73. The third-order valence-corrected chi connectivity index (χ3v) is 5.95. The zero-order valence-corrected chi connectivity index (χ0v) is 15.2. The number of benzene rings is 1. The van der Waals surface area contributed by atoms with Crippen molar-refractivity contribution in [3.05, 3.63) is 65.0 Å². The number of thiazole rings is 1. The molecule has 4 rings (SSSR count). The Bertz CT molecular complexity index is 1300. The number of thiophene rings is 1. The molecule has 0 unspecified atom stereocenters. The second-order valence-electron chi connectivity index (χ2n) is 5.23. The van der Waals surface area contributed by atoms with Gasteiger partial charge in [0.2, 0.25) is 0 Å². The molecule has 0 aliphatic heterocycles. The SMILES string of the molecule is O=C(Nc1ccc([N+](=O)[O-])cc1)c1sc(=S)n2c1[nH]c(=O)c1sccc12. The minimum atomic E-state index is -0.519. The van der Waals surface area contributed by atoms with Gasteiger partial charge in [-0.1, -0.05) is 11.3 Å². The van der Waals surface area contributed by atoms with Gasteiger partial charge in [0, 0.05) is 17.8 Å². The molecular weight excluding hydrogens is 396 g/mol. The van der Waals surface area contributed by atoms with E-state index in [1.165, 1.54) is 35.6 Å². The molecule has 0 atom stereocenters. The lowest BCUT2D eigenvalue weighted by Crippen LogP contribution is -2.14. The van der Waals surface area contributed by atoms with Crippen molar-refractivity contribution in [1.82, 2.24) is 9.38 Å². The van der Waals surface area contributed by atoms with Gasteiger partial charge in [0.25, 0.3) is 17.2 Å². The summed E-state index contributed by atoms with van der Waals surface area (Å²) in [5.74, 6) is -0.456. The molecule has 0 saturated carbocycles. The predicted octanol–water partition coefficient (Wildman–Crippen LogP) is 3.79. The lowest BCUT2D eigenvalue weighted by atomic mass is 10.3. The van der Waals surface area contributed by atoms with E-state index >= 15 is 0 Å². The van der Waals surface area contributed by atoms with E-state index in [2.05, 4.69) is 10.3 Å². The van der Waals surface area contributed by atoms with Crippen LogP contribution in [0.2, 0.25) is 0 Å². The number of carbonyl (C=O) groups is 1. The molecule has 0 spiro atoms. The molecule has 11 heteroatoms. The molecule has 3 aromatic heterocycles. The monoisotopic (exact) mass is 404 g/mol. The maximum absolute atomic E-state index is 12.6. The third kappa shape index (κ3) is 2.62. The summed E-state index contributed by atoms with van der Waals surface area (Å²) in [6.07, 6.45) is 0. The maximum atomic E-state index is 12.6. The standard InChI is InChI=1S/C15H8N4O4S3/c20-13-10-9(5-6-25-10)18-12(17-13)11(26-15(18)24)14(21)16-7-1-3-8(4-2-7)19(22)23/h1-6H,(H,16,21)(H,17,20). The summed E-state index contributed by atoms with van der Waals surface area (Å²) in [7, 11) is 0. The van der Waals surface area contributed by atoms with Gasteiger partial charge in [-0.3, -0.25) is 24.1 Å². The van der Waals surface area contributed by atoms with Gasteiger partial charge in [-0.2, -0.15) is 0 Å². The fourth-order valence-electron chi connectivity index (χ4n) is 2.53. The first-order chi connectivity index (χ1) is 12.5. The zero-order valence-electron chi connectivity index (χ0n) is 12.7. The Hall–Kier alpha value is -2.89. The normalized spacial score (nSPS) is 11.1. The van der Waals surface area contributed by atoms with Crippen LogP contribution < -0.4 is 10.9 Å². The second kappa shape index (κ2) is 6.12. The Morgan fingerprint density at radius 2 is 2.00 bits per heavy atom. The molecule has 26 heavy (non-hydrogen) atoms. The number of aromatic amines is 1. The summed E-state index contributed by atoms with van der Waals surface area (Å²) in [6, 6.07) is 7.25. The van der Waals surface area contributed by atoms with Gasteiger partial charge in [0.05, 0.1) is 10.4 Å². The van der Waals surface area contributed by atoms with Gasteiger partial charge >= 0.3 is 0 Å². The summed E-state index contributed by atoms with van der Waals surface area (Å²) in [4.78, 5) is 38.0. The lowest BCUT2D eigenvalue weighted by molar-refractivity contribution is -0.384. The molecule has 2 N–H and O–H groups in total. The quantitative estimate of drug-likeness (QED) is 0.307. The van der Waals surface area contributed by atoms with Crippen LogP contribution in [0, 0.1) is 14.1 Å². The summed E-state index contributed by atoms with van der Waals surface area (Å²) in [5.41, 5.74) is 1.03. The molecule has 1 amide bonds. The van der Waals surface area contributed by atoms with Gasteiger partial charge in [-0.05, 0) is 35.8 Å². The number of fused-ring (bicyclic) bond motifs is 3. The molecule has 1 aromatic carbocycles. The van der Waals surface area contributed by atoms with Crippen LogP contribution >= 0.6 is 34.9 Å². The second-order valence-corrected chi connectivity index (χ2v) is 7.79. The maximum Gasteiger partial charge on any atom is 0.269 e. The number of nitro groups is 1. The average molecular weight is 404 g/mol. The smallest absolute Gasteiger partial charge is 0.269 e. The summed E-state index contributed by atoms with van der Waals surface area (Å²) < 4.78 is 2.64. The van der Waals surface area contributed by atoms with Crippen LogP contribution in [0.15, 0.2) is 40.5 Å². The van der Waals surface area contributed by atoms with E-state index in [1.807, 2.05) is 0 Å². The van der Waals surface area contributed by atoms with Crippen molar-refractivity contribution >= 4 is 68.0 Å². The van der Waals surface area contributed by atoms with E-state index in [4.69, 9.17) is 12.2 Å². The topological polar surface area (TPSA) is 110 Å². The van der Waals surface area contributed by atoms with Crippen LogP contribution in [0.4, 0.5) is 11.4 Å². The van der Waals surface area contributed by atoms with Gasteiger partial charge in [-0.15, -0.1) is 11.3 Å². The minimum absolute atomic E-state index is 0.0721. The van der Waals surface area contributed by atoms with E-state index in [9.17, 15) is 19.7 Å². The van der Waals surface area contributed by atoms with Gasteiger partial charge in [-0.25, -0.2) is 0 Å². The Morgan fingerprint density at radius 1 is 1.27 bits per heavy atom. The number of carbonyl (C=O) groups excluding carboxylic acids is 1. The van der Waals surface area contributed by atoms with Gasteiger partial charge in [0.1, 0.15) is 15.2 Å². The van der Waals surface area contributed by atoms with Crippen LogP contribution in [-0.2, 0) is 0 Å². The average Bonchev–Trinajstić information content (AvgIpc) is 3.20. The minimum Gasteiger partial charge on any atom is -0.321 e. The molecule has 4 aromatic rings. The number of hydrogen-bond acceptors (Lipinski definition) is 7. The van der Waals surface area contributed by atoms with Crippen LogP contribution in [0.25, 0.3) is 15.9 Å². The molecule has 0 bridgehead atoms. The number of nitrogens with one attached hydrogen (secondary N) is 2. The Morgan fingerprint density at radius 3 is 2.69 bits per heavy atom. The summed E-state index contributed by atoms with van der Waals surface area (Å²) in [6.45, 7) is 0. The number of anilines is 1. The molecule has 130 valence electrons. The van der Waals surface area contributed by atoms with E-state index in [0.29, 0.717) is 25.5 Å². The number of H-pyrrole nitrogens is 1. The lowest BCUT2D eigenvalue weighted by Gasteiger charge is -2.04. The van der Waals surface area contributed by atoms with Crippen LogP contribution in [0.3, 0.4) is 0 Å². The highest BCUT2D eigenvalue weighted by atomic mass is 32.1. The number of rotatable bonds is 3. The van der Waals surface area contributed by atoms with Crippen LogP contribution in [0.5, 0.6) is 0 Å². The Kier molecular flexibility index (Phi) is 3.90. The van der Waals surface area contributed by atoms with Crippen molar-refractivity contribution < 1.29 is 9.72 Å². The van der Waals surface area contributed by atoms with E-state index < -0.39 is 10.8 Å². The Balaban J connectivity index is 1.78. The van der Waals surface area contributed by atoms with Gasteiger partial charge in [0.15, 0.2) is 3.95 Å². The molecule has 0 radical (unpaired) electrons. The first-order valence-corrected chi connectivity index (χ1v) is 9.27. The fraction of sp³-hybridized carbons (Fsp3) is 0. The zero-order chi connectivity index (χ0) is 18.4. The van der Waals surface area contributed by atoms with Crippen molar-refractivity contribution in [1.29, 1.82) is 0 Å². The molecular formula is C15H8N4O4S3. The number of hydrogen-bond donors (Lipinski definition) is 2. The highest BCUT2D eigenvalue weighted by Crippen LogP contribution is 2.26. The van der Waals surface area contributed by atoms with Crippen molar-refractivity contribution in [3.63, 3.8) is 0 Å². The van der Waals surface area contributed by atoms with E-state index in [-0.39, 0.29) is 16.1 Å². The Labute approximate surface area is 157 Å². The highest BCUT2D eigenvalue weighted by Gasteiger charge is 2.18. The number of non-ortho nitro benzene ring substituents is 1. The number of aromatic nitrogens is 2. The van der Waals surface area contributed by atoms with Crippen molar-refractivity contribution in [3.8, 4) is 0 Å². The third-order valence-electron chi connectivity index (χ3n) is 3.68. The van der Waals surface area contributed by atoms with Crippen molar-refractivity contribution in [2.75, 3.05) is 5.32 Å². The number of nitrogens with zero attached hydrogens (tertiary/aromatic N) is 2. The molecule has 0 fully saturated rings. The largest absolute Gasteiger partial charge is 0.321 e. The molecule has 8 nitrogen and oxygen atoms in total. The van der Waals surface area contributed by atoms with E-state index in [1.54, 1.807) is 15.8 Å². The molecule has 0 aliphatic carbocycles. The van der Waals surface area contributed by atoms with Crippen LogP contribution in [0.1, 0.15) is 9.67 Å². The van der Waals surface area contributed by atoms with E-state index in [0.717, 1.165) is 11.3 Å².